The zero-order chi connectivity index (χ0) is 12.5. The summed E-state index contributed by atoms with van der Waals surface area (Å²) in [6.45, 7) is 0. The predicted molar refractivity (Wildman–Crippen MR) is 65.4 cm³/mol. The fraction of sp³-hybridized carbons (Fsp3) is 0.700. The topological polar surface area (TPSA) is 64.0 Å². The standard InChI is InChI=1S/C10H16ClN3O2S/c1-14-10(9(11)7-12-14)17(15,16)13-8-5-3-2-4-6-8/h7-8,13H,2-6H2,1H3. The molecule has 1 aromatic heterocycles. The summed E-state index contributed by atoms with van der Waals surface area (Å²) < 4.78 is 28.3. The predicted octanol–water partition coefficient (Wildman–Crippen LogP) is 1.68. The van der Waals surface area contributed by atoms with E-state index in [9.17, 15) is 8.42 Å². The minimum atomic E-state index is -3.56. The molecule has 5 nitrogen and oxygen atoms in total. The second-order valence-electron chi connectivity index (χ2n) is 4.38. The quantitative estimate of drug-likeness (QED) is 0.914. The highest BCUT2D eigenvalue weighted by Gasteiger charge is 2.26. The lowest BCUT2D eigenvalue weighted by Crippen LogP contribution is -2.37. The lowest BCUT2D eigenvalue weighted by molar-refractivity contribution is 0.410. The largest absolute Gasteiger partial charge is 0.259 e. The molecule has 7 heteroatoms. The van der Waals surface area contributed by atoms with Crippen molar-refractivity contribution < 1.29 is 8.42 Å². The van der Waals surface area contributed by atoms with Gasteiger partial charge < -0.3 is 0 Å². The van der Waals surface area contributed by atoms with Gasteiger partial charge in [-0.3, -0.25) is 4.68 Å². The zero-order valence-electron chi connectivity index (χ0n) is 9.69. The van der Waals surface area contributed by atoms with Crippen molar-refractivity contribution in [1.82, 2.24) is 14.5 Å². The third-order valence-corrected chi connectivity index (χ3v) is 5.05. The van der Waals surface area contributed by atoms with Gasteiger partial charge in [-0.15, -0.1) is 0 Å². The monoisotopic (exact) mass is 277 g/mol. The van der Waals surface area contributed by atoms with E-state index < -0.39 is 10.0 Å². The lowest BCUT2D eigenvalue weighted by Gasteiger charge is -2.22. The van der Waals surface area contributed by atoms with Crippen molar-refractivity contribution >= 4 is 21.6 Å². The average molecular weight is 278 g/mol. The van der Waals surface area contributed by atoms with Crippen molar-refractivity contribution in [3.8, 4) is 0 Å². The maximum Gasteiger partial charge on any atom is 0.259 e. The maximum atomic E-state index is 12.1. The van der Waals surface area contributed by atoms with Crippen molar-refractivity contribution in [1.29, 1.82) is 0 Å². The molecule has 0 saturated heterocycles. The van der Waals surface area contributed by atoms with E-state index in [0.717, 1.165) is 25.7 Å². The zero-order valence-corrected chi connectivity index (χ0v) is 11.3. The van der Waals surface area contributed by atoms with Gasteiger partial charge in [-0.2, -0.15) is 5.10 Å². The van der Waals surface area contributed by atoms with Gasteiger partial charge in [-0.05, 0) is 12.8 Å². The first-order valence-corrected chi connectivity index (χ1v) is 7.56. The molecule has 0 aromatic carbocycles. The van der Waals surface area contributed by atoms with Crippen LogP contribution in [0.2, 0.25) is 5.02 Å². The molecule has 1 aliphatic carbocycles. The summed E-state index contributed by atoms with van der Waals surface area (Å²) in [5.41, 5.74) is 0. The molecule has 1 N–H and O–H groups in total. The highest BCUT2D eigenvalue weighted by molar-refractivity contribution is 7.89. The van der Waals surface area contributed by atoms with Crippen molar-refractivity contribution in [3.63, 3.8) is 0 Å². The number of nitrogens with zero attached hydrogens (tertiary/aromatic N) is 2. The number of aromatic nitrogens is 2. The molecule has 17 heavy (non-hydrogen) atoms. The summed E-state index contributed by atoms with van der Waals surface area (Å²) in [5.74, 6) is 0. The number of hydrogen-bond donors (Lipinski definition) is 1. The van der Waals surface area contributed by atoms with E-state index >= 15 is 0 Å². The van der Waals surface area contributed by atoms with Crippen LogP contribution in [0.5, 0.6) is 0 Å². The number of hydrogen-bond acceptors (Lipinski definition) is 3. The highest BCUT2D eigenvalue weighted by Crippen LogP contribution is 2.23. The van der Waals surface area contributed by atoms with E-state index in [1.165, 1.54) is 17.3 Å². The normalized spacial score (nSPS) is 18.5. The Bertz CT molecular complexity index is 472. The second kappa shape index (κ2) is 4.96. The van der Waals surface area contributed by atoms with E-state index in [1.807, 2.05) is 0 Å². The van der Waals surface area contributed by atoms with Crippen LogP contribution < -0.4 is 4.72 Å². The van der Waals surface area contributed by atoms with Gasteiger partial charge >= 0.3 is 0 Å². The summed E-state index contributed by atoms with van der Waals surface area (Å²) in [4.78, 5) is 0. The summed E-state index contributed by atoms with van der Waals surface area (Å²) in [5, 5.41) is 4.05. The molecule has 2 rings (SSSR count). The summed E-state index contributed by atoms with van der Waals surface area (Å²) in [7, 11) is -1.99. The van der Waals surface area contributed by atoms with E-state index in [1.54, 1.807) is 7.05 Å². The fourth-order valence-electron chi connectivity index (χ4n) is 2.20. The van der Waals surface area contributed by atoms with E-state index in [-0.39, 0.29) is 16.1 Å². The molecule has 96 valence electrons. The lowest BCUT2D eigenvalue weighted by atomic mass is 9.96. The first-order valence-electron chi connectivity index (χ1n) is 5.70. The van der Waals surface area contributed by atoms with Crippen LogP contribution in [0.3, 0.4) is 0 Å². The Labute approximate surface area is 106 Å². The number of halogens is 1. The van der Waals surface area contributed by atoms with Gasteiger partial charge in [-0.1, -0.05) is 30.9 Å². The van der Waals surface area contributed by atoms with Gasteiger partial charge in [0.2, 0.25) is 0 Å². The number of nitrogens with one attached hydrogen (secondary N) is 1. The molecule has 1 fully saturated rings. The van der Waals surface area contributed by atoms with Crippen molar-refractivity contribution in [2.24, 2.45) is 7.05 Å². The van der Waals surface area contributed by atoms with Crippen molar-refractivity contribution in [2.75, 3.05) is 0 Å². The van der Waals surface area contributed by atoms with Gasteiger partial charge in [0.15, 0.2) is 5.03 Å². The van der Waals surface area contributed by atoms with Crippen LogP contribution in [-0.4, -0.2) is 24.2 Å². The van der Waals surface area contributed by atoms with Crippen LogP contribution in [-0.2, 0) is 17.1 Å². The van der Waals surface area contributed by atoms with Crippen LogP contribution in [0.25, 0.3) is 0 Å². The highest BCUT2D eigenvalue weighted by atomic mass is 35.5. The molecule has 0 amide bonds. The Hall–Kier alpha value is -0.590. The smallest absolute Gasteiger partial charge is 0.255 e. The van der Waals surface area contributed by atoms with Gasteiger partial charge in [0.1, 0.15) is 0 Å². The van der Waals surface area contributed by atoms with Crippen LogP contribution in [0.4, 0.5) is 0 Å². The molecule has 1 aromatic rings. The third-order valence-electron chi connectivity index (χ3n) is 3.02. The summed E-state index contributed by atoms with van der Waals surface area (Å²) in [6.07, 6.45) is 6.48. The third kappa shape index (κ3) is 2.81. The number of aryl methyl sites for hydroxylation is 1. The first kappa shape index (κ1) is 12.9. The minimum Gasteiger partial charge on any atom is -0.255 e. The SMILES string of the molecule is Cn1ncc(Cl)c1S(=O)(=O)NC1CCCCC1. The summed E-state index contributed by atoms with van der Waals surface area (Å²) >= 11 is 5.84. The van der Waals surface area contributed by atoms with Gasteiger partial charge in [0.25, 0.3) is 10.0 Å². The van der Waals surface area contributed by atoms with E-state index in [2.05, 4.69) is 9.82 Å². The minimum absolute atomic E-state index is 0.0275. The van der Waals surface area contributed by atoms with Crippen LogP contribution in [0.1, 0.15) is 32.1 Å². The van der Waals surface area contributed by atoms with Gasteiger partial charge in [-0.25, -0.2) is 13.1 Å². The van der Waals surface area contributed by atoms with Crippen LogP contribution in [0, 0.1) is 0 Å². The number of rotatable bonds is 3. The molecule has 0 atom stereocenters. The van der Waals surface area contributed by atoms with E-state index in [0.29, 0.717) is 0 Å². The molecule has 0 bridgehead atoms. The molecule has 1 heterocycles. The number of sulfonamides is 1. The Morgan fingerprint density at radius 3 is 2.59 bits per heavy atom. The second-order valence-corrected chi connectivity index (χ2v) is 6.41. The molecule has 0 aliphatic heterocycles. The van der Waals surface area contributed by atoms with Crippen molar-refractivity contribution in [2.45, 2.75) is 43.2 Å². The molecular weight excluding hydrogens is 262 g/mol. The Morgan fingerprint density at radius 1 is 1.41 bits per heavy atom. The van der Waals surface area contributed by atoms with Crippen molar-refractivity contribution in [3.05, 3.63) is 11.2 Å². The Morgan fingerprint density at radius 2 is 2.06 bits per heavy atom. The Balaban J connectivity index is 2.19. The first-order chi connectivity index (χ1) is 8.00. The maximum absolute atomic E-state index is 12.1. The van der Waals surface area contributed by atoms with Crippen LogP contribution >= 0.6 is 11.6 Å². The Kier molecular flexibility index (Phi) is 3.75. The molecule has 0 radical (unpaired) electrons. The van der Waals surface area contributed by atoms with E-state index in [4.69, 9.17) is 11.6 Å². The molecular formula is C10H16ClN3O2S. The fourth-order valence-corrected chi connectivity index (χ4v) is 4.16. The molecule has 1 saturated carbocycles. The van der Waals surface area contributed by atoms with Crippen LogP contribution in [0.15, 0.2) is 11.2 Å². The summed E-state index contributed by atoms with van der Waals surface area (Å²) in [6, 6.07) is 0.0275. The molecule has 0 spiro atoms. The molecule has 0 unspecified atom stereocenters. The average Bonchev–Trinajstić information content (AvgIpc) is 2.59. The molecule has 1 aliphatic rings. The van der Waals surface area contributed by atoms with Gasteiger partial charge in [0.05, 0.1) is 11.2 Å². The van der Waals surface area contributed by atoms with Gasteiger partial charge in [0, 0.05) is 13.1 Å².